The van der Waals surface area contributed by atoms with Gasteiger partial charge in [0.05, 0.1) is 18.3 Å². The Balaban J connectivity index is 1.91. The fourth-order valence-corrected chi connectivity index (χ4v) is 2.22. The lowest BCUT2D eigenvalue weighted by atomic mass is 10.3. The molecule has 19 heavy (non-hydrogen) atoms. The Bertz CT molecular complexity index is 589. The third-order valence-electron chi connectivity index (χ3n) is 3.22. The van der Waals surface area contributed by atoms with Gasteiger partial charge in [-0.2, -0.15) is 0 Å². The molecule has 5 heteroatoms. The molecular weight excluding hydrogens is 244 g/mol. The van der Waals surface area contributed by atoms with Crippen LogP contribution in [0.15, 0.2) is 29.0 Å². The van der Waals surface area contributed by atoms with Crippen LogP contribution in [0, 0.1) is 0 Å². The predicted octanol–water partition coefficient (Wildman–Crippen LogP) is 2.36. The topological polar surface area (TPSA) is 55.6 Å². The van der Waals surface area contributed by atoms with Crippen molar-refractivity contribution in [1.29, 1.82) is 0 Å². The summed E-state index contributed by atoms with van der Waals surface area (Å²) in [6, 6.07) is 4.10. The van der Waals surface area contributed by atoms with Gasteiger partial charge in [0.2, 0.25) is 0 Å². The molecule has 2 aromatic rings. The van der Waals surface area contributed by atoms with Crippen molar-refractivity contribution in [3.05, 3.63) is 24.6 Å². The monoisotopic (exact) mass is 260 g/mol. The number of aromatic nitrogens is 1. The van der Waals surface area contributed by atoms with Crippen molar-refractivity contribution in [3.63, 3.8) is 0 Å². The molecule has 0 unspecified atom stereocenters. The van der Waals surface area contributed by atoms with Crippen LogP contribution < -0.4 is 4.90 Å². The molecule has 0 bridgehead atoms. The maximum absolute atomic E-state index is 11.7. The second-order valence-corrected chi connectivity index (χ2v) is 4.63. The van der Waals surface area contributed by atoms with E-state index in [1.807, 2.05) is 24.0 Å². The number of carbonyl (C=O) groups excluding carboxylic acids is 1. The minimum atomic E-state index is -0.211. The van der Waals surface area contributed by atoms with Gasteiger partial charge in [0.1, 0.15) is 17.9 Å². The van der Waals surface area contributed by atoms with Gasteiger partial charge in [0.25, 0.3) is 0 Å². The van der Waals surface area contributed by atoms with Crippen LogP contribution in [-0.2, 0) is 9.53 Å². The first-order valence-corrected chi connectivity index (χ1v) is 6.54. The maximum Gasteiger partial charge on any atom is 0.325 e. The number of carbonyl (C=O) groups is 1. The zero-order valence-electron chi connectivity index (χ0n) is 10.8. The molecule has 0 atom stereocenters. The van der Waals surface area contributed by atoms with Gasteiger partial charge in [-0.1, -0.05) is 0 Å². The number of anilines is 1. The minimum absolute atomic E-state index is 0.211. The van der Waals surface area contributed by atoms with Crippen molar-refractivity contribution >= 4 is 22.8 Å². The molecule has 0 radical (unpaired) electrons. The number of hydrogen-bond donors (Lipinski definition) is 0. The van der Waals surface area contributed by atoms with Gasteiger partial charge < -0.3 is 14.1 Å². The zero-order valence-corrected chi connectivity index (χ0v) is 10.8. The van der Waals surface area contributed by atoms with E-state index in [1.54, 1.807) is 12.5 Å². The highest BCUT2D eigenvalue weighted by molar-refractivity contribution is 5.90. The number of pyridine rings is 1. The second kappa shape index (κ2) is 4.91. The number of rotatable bonds is 5. The van der Waals surface area contributed by atoms with E-state index in [1.165, 1.54) is 0 Å². The number of nitrogens with zero attached hydrogens (tertiary/aromatic N) is 2. The fraction of sp³-hybridized carbons (Fsp3) is 0.429. The van der Waals surface area contributed by atoms with Gasteiger partial charge in [-0.05, 0) is 31.9 Å². The highest BCUT2D eigenvalue weighted by atomic mass is 16.5. The summed E-state index contributed by atoms with van der Waals surface area (Å²) in [5.41, 5.74) is 0.791. The molecule has 0 aromatic carbocycles. The molecule has 3 rings (SSSR count). The van der Waals surface area contributed by atoms with Crippen LogP contribution in [0.25, 0.3) is 11.0 Å². The van der Waals surface area contributed by atoms with Crippen molar-refractivity contribution in [3.8, 4) is 0 Å². The summed E-state index contributed by atoms with van der Waals surface area (Å²) >= 11 is 0. The van der Waals surface area contributed by atoms with Crippen LogP contribution in [0.3, 0.4) is 0 Å². The van der Waals surface area contributed by atoms with Gasteiger partial charge in [-0.15, -0.1) is 0 Å². The van der Waals surface area contributed by atoms with Gasteiger partial charge in [-0.3, -0.25) is 4.79 Å². The van der Waals surface area contributed by atoms with E-state index in [9.17, 15) is 4.79 Å². The van der Waals surface area contributed by atoms with E-state index in [0.717, 1.165) is 29.6 Å². The van der Waals surface area contributed by atoms with Crippen molar-refractivity contribution in [2.75, 3.05) is 18.1 Å². The Kier molecular flexibility index (Phi) is 3.11. The van der Waals surface area contributed by atoms with Crippen molar-refractivity contribution < 1.29 is 13.9 Å². The summed E-state index contributed by atoms with van der Waals surface area (Å²) in [5, 5.41) is 0.943. The minimum Gasteiger partial charge on any atom is -0.465 e. The highest BCUT2D eigenvalue weighted by Gasteiger charge is 2.32. The third-order valence-corrected chi connectivity index (χ3v) is 3.22. The van der Waals surface area contributed by atoms with E-state index in [4.69, 9.17) is 9.15 Å². The van der Waals surface area contributed by atoms with E-state index < -0.39 is 0 Å². The quantitative estimate of drug-likeness (QED) is 0.772. The van der Waals surface area contributed by atoms with Crippen LogP contribution in [-0.4, -0.2) is 30.1 Å². The number of ether oxygens (including phenoxy) is 1. The normalized spacial score (nSPS) is 14.6. The van der Waals surface area contributed by atoms with E-state index in [0.29, 0.717) is 12.6 Å². The van der Waals surface area contributed by atoms with Crippen LogP contribution in [0.5, 0.6) is 0 Å². The Labute approximate surface area is 111 Å². The van der Waals surface area contributed by atoms with Crippen molar-refractivity contribution in [2.45, 2.75) is 25.8 Å². The second-order valence-electron chi connectivity index (χ2n) is 4.63. The predicted molar refractivity (Wildman–Crippen MR) is 71.0 cm³/mol. The molecule has 1 saturated carbocycles. The SMILES string of the molecule is CCOC(=O)CN(c1nccc2occc12)C1CC1. The van der Waals surface area contributed by atoms with Crippen LogP contribution >= 0.6 is 0 Å². The van der Waals surface area contributed by atoms with Gasteiger partial charge in [-0.25, -0.2) is 4.98 Å². The first-order chi connectivity index (χ1) is 9.29. The van der Waals surface area contributed by atoms with Gasteiger partial charge in [0.15, 0.2) is 0 Å². The van der Waals surface area contributed by atoms with E-state index in [2.05, 4.69) is 4.98 Å². The van der Waals surface area contributed by atoms with Crippen LogP contribution in [0.2, 0.25) is 0 Å². The fourth-order valence-electron chi connectivity index (χ4n) is 2.22. The molecule has 0 spiro atoms. The molecule has 0 amide bonds. The molecule has 0 saturated heterocycles. The molecule has 1 aliphatic rings. The Hall–Kier alpha value is -2.04. The van der Waals surface area contributed by atoms with Crippen LogP contribution in [0.4, 0.5) is 5.82 Å². The van der Waals surface area contributed by atoms with Gasteiger partial charge >= 0.3 is 5.97 Å². The molecule has 1 fully saturated rings. The summed E-state index contributed by atoms with van der Waals surface area (Å²) < 4.78 is 10.4. The van der Waals surface area contributed by atoms with E-state index >= 15 is 0 Å². The smallest absolute Gasteiger partial charge is 0.325 e. The van der Waals surface area contributed by atoms with Crippen molar-refractivity contribution in [2.24, 2.45) is 0 Å². The van der Waals surface area contributed by atoms with Crippen molar-refractivity contribution in [1.82, 2.24) is 4.98 Å². The molecule has 2 aromatic heterocycles. The first-order valence-electron chi connectivity index (χ1n) is 6.54. The number of fused-ring (bicyclic) bond motifs is 1. The number of esters is 1. The number of hydrogen-bond acceptors (Lipinski definition) is 5. The summed E-state index contributed by atoms with van der Waals surface area (Å²) in [7, 11) is 0. The average Bonchev–Trinajstić information content (AvgIpc) is 3.13. The molecule has 2 heterocycles. The molecule has 5 nitrogen and oxygen atoms in total. The van der Waals surface area contributed by atoms with Crippen LogP contribution in [0.1, 0.15) is 19.8 Å². The lowest BCUT2D eigenvalue weighted by Gasteiger charge is -2.22. The Morgan fingerprint density at radius 2 is 2.37 bits per heavy atom. The largest absolute Gasteiger partial charge is 0.465 e. The molecule has 0 N–H and O–H groups in total. The number of furan rings is 1. The lowest BCUT2D eigenvalue weighted by molar-refractivity contribution is -0.141. The summed E-state index contributed by atoms with van der Waals surface area (Å²) in [4.78, 5) is 18.2. The molecule has 0 aliphatic heterocycles. The zero-order chi connectivity index (χ0) is 13.2. The molecule has 1 aliphatic carbocycles. The summed E-state index contributed by atoms with van der Waals surface area (Å²) in [5.74, 6) is 0.596. The lowest BCUT2D eigenvalue weighted by Crippen LogP contribution is -2.33. The van der Waals surface area contributed by atoms with E-state index in [-0.39, 0.29) is 12.5 Å². The molecular formula is C14H16N2O3. The Morgan fingerprint density at radius 3 is 3.11 bits per heavy atom. The first kappa shape index (κ1) is 12.0. The third kappa shape index (κ3) is 2.41. The van der Waals surface area contributed by atoms with Gasteiger partial charge in [0, 0.05) is 12.2 Å². The standard InChI is InChI=1S/C14H16N2O3/c1-2-18-13(17)9-16(10-3-4-10)14-11-6-8-19-12(11)5-7-15-14/h5-8,10H,2-4,9H2,1H3. The highest BCUT2D eigenvalue weighted by Crippen LogP contribution is 2.34. The summed E-state index contributed by atoms with van der Waals surface area (Å²) in [6.07, 6.45) is 5.54. The summed E-state index contributed by atoms with van der Waals surface area (Å²) in [6.45, 7) is 2.46. The average molecular weight is 260 g/mol. The maximum atomic E-state index is 11.7. The molecule has 100 valence electrons. The Morgan fingerprint density at radius 1 is 1.53 bits per heavy atom.